The largest absolute Gasteiger partial charge is 0.466 e. The van der Waals surface area contributed by atoms with E-state index in [-0.39, 0.29) is 17.9 Å². The Morgan fingerprint density at radius 3 is 3.05 bits per heavy atom. The third kappa shape index (κ3) is 3.13. The predicted molar refractivity (Wildman–Crippen MR) is 75.8 cm³/mol. The number of ether oxygens (including phenoxy) is 1. The summed E-state index contributed by atoms with van der Waals surface area (Å²) in [7, 11) is 1.45. The van der Waals surface area contributed by atoms with Crippen LogP contribution in [0.5, 0.6) is 6.01 Å². The Labute approximate surface area is 121 Å². The first-order chi connectivity index (χ1) is 10.2. The molecular formula is C14H16N4O3. The van der Waals surface area contributed by atoms with Crippen molar-refractivity contribution in [2.75, 3.05) is 12.4 Å². The summed E-state index contributed by atoms with van der Waals surface area (Å²) < 4.78 is 10.5. The molecule has 1 saturated carbocycles. The zero-order valence-electron chi connectivity index (χ0n) is 11.8. The van der Waals surface area contributed by atoms with Gasteiger partial charge in [-0.15, -0.1) is 5.10 Å². The van der Waals surface area contributed by atoms with E-state index in [1.165, 1.54) is 19.6 Å². The molecule has 7 nitrogen and oxygen atoms in total. The first-order valence-corrected chi connectivity index (χ1v) is 6.71. The molecule has 2 aromatic rings. The van der Waals surface area contributed by atoms with Gasteiger partial charge in [0.1, 0.15) is 11.5 Å². The number of carbonyl (C=O) groups excluding carboxylic acids is 1. The van der Waals surface area contributed by atoms with Crippen LogP contribution in [0, 0.1) is 5.92 Å². The van der Waals surface area contributed by atoms with E-state index in [1.807, 2.05) is 12.1 Å². The topological polar surface area (TPSA) is 93.0 Å². The summed E-state index contributed by atoms with van der Waals surface area (Å²) >= 11 is 0. The minimum absolute atomic E-state index is 0.170. The number of H-pyrrole nitrogens is 1. The van der Waals surface area contributed by atoms with Gasteiger partial charge < -0.3 is 9.15 Å². The van der Waals surface area contributed by atoms with Crippen LogP contribution in [0.1, 0.15) is 30.8 Å². The van der Waals surface area contributed by atoms with Crippen LogP contribution in [0.2, 0.25) is 0 Å². The van der Waals surface area contributed by atoms with Crippen LogP contribution in [-0.2, 0) is 4.79 Å². The molecule has 2 unspecified atom stereocenters. The quantitative estimate of drug-likeness (QED) is 0.822. The van der Waals surface area contributed by atoms with Crippen LogP contribution in [0.4, 0.5) is 5.95 Å². The van der Waals surface area contributed by atoms with Crippen molar-refractivity contribution in [3.8, 4) is 6.01 Å². The number of nitrogens with one attached hydrogen (secondary N) is 2. The molecule has 110 valence electrons. The summed E-state index contributed by atoms with van der Waals surface area (Å²) in [6.07, 6.45) is 4.18. The number of rotatable bonds is 5. The molecule has 2 aromatic heterocycles. The Hall–Kier alpha value is -2.57. The van der Waals surface area contributed by atoms with Gasteiger partial charge in [-0.25, -0.2) is 5.10 Å². The normalized spacial score (nSPS) is 20.7. The van der Waals surface area contributed by atoms with Crippen LogP contribution < -0.4 is 10.1 Å². The second kappa shape index (κ2) is 5.43. The lowest BCUT2D eigenvalue weighted by molar-refractivity contribution is -0.111. The monoisotopic (exact) mass is 288 g/mol. The molecule has 0 spiro atoms. The summed E-state index contributed by atoms with van der Waals surface area (Å²) in [4.78, 5) is 15.6. The fourth-order valence-electron chi connectivity index (χ4n) is 2.09. The minimum atomic E-state index is -0.327. The van der Waals surface area contributed by atoms with Crippen molar-refractivity contribution in [2.24, 2.45) is 5.92 Å². The molecule has 21 heavy (non-hydrogen) atoms. The zero-order valence-corrected chi connectivity index (χ0v) is 11.8. The number of furan rings is 1. The average molecular weight is 288 g/mol. The molecule has 2 N–H and O–H groups in total. The van der Waals surface area contributed by atoms with E-state index >= 15 is 0 Å². The second-order valence-electron chi connectivity index (χ2n) is 5.05. The average Bonchev–Trinajstić information content (AvgIpc) is 2.92. The van der Waals surface area contributed by atoms with Crippen molar-refractivity contribution >= 4 is 17.9 Å². The molecule has 7 heteroatoms. The Morgan fingerprint density at radius 2 is 2.38 bits per heavy atom. The molecule has 2 atom stereocenters. The summed E-state index contributed by atoms with van der Waals surface area (Å²) in [6, 6.07) is 4.00. The number of aromatic nitrogens is 3. The maximum atomic E-state index is 11.7. The third-order valence-corrected chi connectivity index (χ3v) is 3.41. The van der Waals surface area contributed by atoms with Gasteiger partial charge in [-0.3, -0.25) is 10.1 Å². The van der Waals surface area contributed by atoms with E-state index in [9.17, 15) is 4.79 Å². The van der Waals surface area contributed by atoms with Gasteiger partial charge in [0, 0.05) is 12.0 Å². The van der Waals surface area contributed by atoms with E-state index in [0.29, 0.717) is 17.6 Å². The molecule has 1 amide bonds. The molecule has 1 aliphatic carbocycles. The number of nitrogens with zero attached hydrogens (tertiary/aromatic N) is 2. The second-order valence-corrected chi connectivity index (χ2v) is 5.05. The number of carbonyl (C=O) groups is 1. The van der Waals surface area contributed by atoms with E-state index < -0.39 is 0 Å². The van der Waals surface area contributed by atoms with Crippen LogP contribution >= 0.6 is 0 Å². The van der Waals surface area contributed by atoms with Crippen LogP contribution in [-0.4, -0.2) is 28.2 Å². The fourth-order valence-corrected chi connectivity index (χ4v) is 2.09. The zero-order chi connectivity index (χ0) is 14.8. The van der Waals surface area contributed by atoms with Gasteiger partial charge in [0.15, 0.2) is 0 Å². The van der Waals surface area contributed by atoms with Gasteiger partial charge in [-0.1, -0.05) is 6.92 Å². The summed E-state index contributed by atoms with van der Waals surface area (Å²) in [5.41, 5.74) is 0. The smallest absolute Gasteiger partial charge is 0.336 e. The van der Waals surface area contributed by atoms with E-state index in [1.54, 1.807) is 6.08 Å². The van der Waals surface area contributed by atoms with Gasteiger partial charge >= 0.3 is 6.01 Å². The SMILES string of the molecule is COc1n[nH]c(NC(=O)/C=C/c2ccc(C3CC3C)o2)n1. The summed E-state index contributed by atoms with van der Waals surface area (Å²) in [6.45, 7) is 2.20. The van der Waals surface area contributed by atoms with E-state index in [4.69, 9.17) is 9.15 Å². The Balaban J connectivity index is 1.57. The number of methoxy groups -OCH3 is 1. The van der Waals surface area contributed by atoms with Gasteiger partial charge in [0.25, 0.3) is 5.91 Å². The third-order valence-electron chi connectivity index (χ3n) is 3.41. The summed E-state index contributed by atoms with van der Waals surface area (Å²) in [5, 5.41) is 8.81. The molecule has 3 rings (SSSR count). The number of hydrogen-bond acceptors (Lipinski definition) is 5. The highest BCUT2D eigenvalue weighted by Gasteiger charge is 2.36. The highest BCUT2D eigenvalue weighted by Crippen LogP contribution is 2.47. The Kier molecular flexibility index (Phi) is 3.47. The van der Waals surface area contributed by atoms with Crippen molar-refractivity contribution in [1.29, 1.82) is 0 Å². The Morgan fingerprint density at radius 1 is 1.57 bits per heavy atom. The van der Waals surface area contributed by atoms with Gasteiger partial charge in [-0.05, 0) is 30.5 Å². The van der Waals surface area contributed by atoms with Crippen molar-refractivity contribution < 1.29 is 13.9 Å². The standard InChI is InChI=1S/C14H16N4O3/c1-8-7-10(8)11-5-3-9(21-11)4-6-12(19)15-13-16-14(20-2)18-17-13/h3-6,8,10H,7H2,1-2H3,(H2,15,16,17,18,19)/b6-4+. The lowest BCUT2D eigenvalue weighted by atomic mass is 10.3. The lowest BCUT2D eigenvalue weighted by Crippen LogP contribution is -2.09. The highest BCUT2D eigenvalue weighted by molar-refractivity contribution is 6.00. The van der Waals surface area contributed by atoms with Crippen molar-refractivity contribution in [2.45, 2.75) is 19.3 Å². The maximum Gasteiger partial charge on any atom is 0.336 e. The summed E-state index contributed by atoms with van der Waals surface area (Å²) in [5.74, 6) is 2.78. The van der Waals surface area contributed by atoms with Gasteiger partial charge in [0.05, 0.1) is 7.11 Å². The molecule has 0 radical (unpaired) electrons. The first kappa shape index (κ1) is 13.4. The van der Waals surface area contributed by atoms with Crippen molar-refractivity contribution in [3.63, 3.8) is 0 Å². The van der Waals surface area contributed by atoms with Crippen molar-refractivity contribution in [1.82, 2.24) is 15.2 Å². The minimum Gasteiger partial charge on any atom is -0.466 e. The first-order valence-electron chi connectivity index (χ1n) is 6.71. The number of hydrogen-bond donors (Lipinski definition) is 2. The van der Waals surface area contributed by atoms with Gasteiger partial charge in [0.2, 0.25) is 5.95 Å². The predicted octanol–water partition coefficient (Wildman–Crippen LogP) is 2.18. The molecule has 0 aliphatic heterocycles. The van der Waals surface area contributed by atoms with Crippen LogP contribution in [0.3, 0.4) is 0 Å². The Bertz CT molecular complexity index is 673. The van der Waals surface area contributed by atoms with Crippen LogP contribution in [0.25, 0.3) is 6.08 Å². The lowest BCUT2D eigenvalue weighted by Gasteiger charge is -1.94. The van der Waals surface area contributed by atoms with E-state index in [2.05, 4.69) is 27.4 Å². The molecule has 0 bridgehead atoms. The molecule has 0 aromatic carbocycles. The molecule has 1 aliphatic rings. The van der Waals surface area contributed by atoms with E-state index in [0.717, 1.165) is 5.76 Å². The molecule has 0 saturated heterocycles. The number of aromatic amines is 1. The highest BCUT2D eigenvalue weighted by atomic mass is 16.5. The van der Waals surface area contributed by atoms with Crippen molar-refractivity contribution in [3.05, 3.63) is 29.7 Å². The number of anilines is 1. The van der Waals surface area contributed by atoms with Crippen LogP contribution in [0.15, 0.2) is 22.6 Å². The molecular weight excluding hydrogens is 272 g/mol. The fraction of sp³-hybridized carbons (Fsp3) is 0.357. The number of amides is 1. The van der Waals surface area contributed by atoms with Gasteiger partial charge in [-0.2, -0.15) is 4.98 Å². The maximum absolute atomic E-state index is 11.7. The molecule has 2 heterocycles. The molecule has 1 fully saturated rings.